The summed E-state index contributed by atoms with van der Waals surface area (Å²) in [5.74, 6) is -3.27. The first-order chi connectivity index (χ1) is 19.6. The summed E-state index contributed by atoms with van der Waals surface area (Å²) in [6.07, 6.45) is -6.47. The van der Waals surface area contributed by atoms with E-state index in [9.17, 15) is 34.8 Å². The lowest BCUT2D eigenvalue weighted by atomic mass is 9.88. The van der Waals surface area contributed by atoms with Gasteiger partial charge in [0.2, 0.25) is 5.91 Å². The van der Waals surface area contributed by atoms with E-state index in [1.807, 2.05) is 37.3 Å². The number of carboxylic acid groups (broad SMARTS) is 1. The van der Waals surface area contributed by atoms with Crippen LogP contribution in [0.4, 0.5) is 0 Å². The lowest BCUT2D eigenvalue weighted by molar-refractivity contribution is -0.310. The van der Waals surface area contributed by atoms with Crippen molar-refractivity contribution in [2.45, 2.75) is 62.9 Å². The van der Waals surface area contributed by atoms with Gasteiger partial charge in [-0.2, -0.15) is 11.8 Å². The van der Waals surface area contributed by atoms with E-state index < -0.39 is 67.0 Å². The summed E-state index contributed by atoms with van der Waals surface area (Å²) < 4.78 is 11.3. The summed E-state index contributed by atoms with van der Waals surface area (Å²) in [4.78, 5) is 36.8. The molecule has 2 amide bonds. The number of nitrogens with one attached hydrogen (secondary N) is 2. The first kappa shape index (κ1) is 32.5. The number of hydrogen-bond acceptors (Lipinski definition) is 9. The van der Waals surface area contributed by atoms with Crippen molar-refractivity contribution in [3.05, 3.63) is 60.2 Å². The van der Waals surface area contributed by atoms with Crippen molar-refractivity contribution in [1.82, 2.24) is 10.6 Å². The molecule has 1 aliphatic heterocycles. The molecule has 0 saturated carbocycles. The molecule has 2 aromatic rings. The van der Waals surface area contributed by atoms with Crippen LogP contribution < -0.4 is 10.6 Å². The zero-order chi connectivity index (χ0) is 30.0. The molecule has 1 saturated heterocycles. The van der Waals surface area contributed by atoms with Crippen LogP contribution in [0.1, 0.15) is 37.0 Å². The number of carbonyl (C=O) groups is 3. The number of thioether (sulfide) groups is 1. The fourth-order valence-electron chi connectivity index (χ4n) is 4.58. The highest BCUT2D eigenvalue weighted by Crippen LogP contribution is 2.34. The Hall–Kier alpha value is -3.00. The average Bonchev–Trinajstić information content (AvgIpc) is 2.96. The monoisotopic (exact) mass is 590 g/mol. The quantitative estimate of drug-likeness (QED) is 0.177. The minimum atomic E-state index is -2.31. The van der Waals surface area contributed by atoms with Gasteiger partial charge < -0.3 is 40.5 Å². The smallest absolute Gasteiger partial charge is 0.364 e. The van der Waals surface area contributed by atoms with Crippen LogP contribution in [0.5, 0.6) is 0 Å². The zero-order valence-corrected chi connectivity index (χ0v) is 23.9. The fourth-order valence-corrected chi connectivity index (χ4v) is 5.19. The predicted molar refractivity (Wildman–Crippen MR) is 153 cm³/mol. The first-order valence-corrected chi connectivity index (χ1v) is 14.6. The van der Waals surface area contributed by atoms with Crippen LogP contribution in [-0.2, 0) is 19.1 Å². The van der Waals surface area contributed by atoms with E-state index in [-0.39, 0.29) is 6.61 Å². The molecular formula is C29H38N2O9S. The van der Waals surface area contributed by atoms with Crippen molar-refractivity contribution in [1.29, 1.82) is 0 Å². The molecule has 1 fully saturated rings. The maximum atomic E-state index is 12.7. The van der Waals surface area contributed by atoms with Crippen LogP contribution in [0.2, 0.25) is 0 Å². The van der Waals surface area contributed by atoms with Gasteiger partial charge in [0, 0.05) is 25.5 Å². The Bertz CT molecular complexity index is 1150. The van der Waals surface area contributed by atoms with Gasteiger partial charge in [-0.15, -0.1) is 0 Å². The maximum Gasteiger partial charge on any atom is 0.364 e. The lowest BCUT2D eigenvalue weighted by Crippen LogP contribution is -2.68. The van der Waals surface area contributed by atoms with Crippen LogP contribution in [-0.4, -0.2) is 99.1 Å². The highest BCUT2D eigenvalue weighted by Gasteiger charge is 2.55. The first-order valence-electron chi connectivity index (χ1n) is 13.5. The summed E-state index contributed by atoms with van der Waals surface area (Å²) in [5.41, 5.74) is 2.23. The Morgan fingerprint density at radius 2 is 1.76 bits per heavy atom. The number of rotatable bonds is 14. The number of carboxylic acids is 1. The molecule has 11 nitrogen and oxygen atoms in total. The number of aliphatic hydroxyl groups is 3. The van der Waals surface area contributed by atoms with Crippen molar-refractivity contribution < 1.29 is 44.3 Å². The largest absolute Gasteiger partial charge is 0.477 e. The molecule has 0 radical (unpaired) electrons. The molecule has 224 valence electrons. The number of aliphatic carboxylic acids is 1. The van der Waals surface area contributed by atoms with Crippen LogP contribution in [0.15, 0.2) is 54.6 Å². The number of ether oxygens (including phenoxy) is 2. The van der Waals surface area contributed by atoms with Crippen molar-refractivity contribution in [2.24, 2.45) is 0 Å². The normalized spacial score (nSPS) is 23.8. The molecular weight excluding hydrogens is 552 g/mol. The molecule has 41 heavy (non-hydrogen) atoms. The molecule has 1 unspecified atom stereocenters. The number of amides is 2. The predicted octanol–water partition coefficient (Wildman–Crippen LogP) is 1.40. The van der Waals surface area contributed by atoms with Gasteiger partial charge in [-0.25, -0.2) is 4.79 Å². The molecule has 0 spiro atoms. The highest BCUT2D eigenvalue weighted by atomic mass is 32.2. The van der Waals surface area contributed by atoms with E-state index in [1.165, 1.54) is 6.92 Å². The van der Waals surface area contributed by atoms with E-state index in [4.69, 9.17) is 9.47 Å². The Labute approximate surface area is 243 Å². The zero-order valence-electron chi connectivity index (χ0n) is 23.1. The van der Waals surface area contributed by atoms with Crippen LogP contribution >= 0.6 is 11.8 Å². The maximum absolute atomic E-state index is 12.7. The molecule has 6 atom stereocenters. The molecule has 2 aromatic carbocycles. The minimum absolute atomic E-state index is 0.0152. The van der Waals surface area contributed by atoms with E-state index in [2.05, 4.69) is 10.6 Å². The van der Waals surface area contributed by atoms with E-state index >= 15 is 0 Å². The van der Waals surface area contributed by atoms with Crippen LogP contribution in [0.3, 0.4) is 0 Å². The summed E-state index contributed by atoms with van der Waals surface area (Å²) in [6.45, 7) is 2.78. The van der Waals surface area contributed by atoms with Crippen molar-refractivity contribution in [2.75, 3.05) is 24.7 Å². The summed E-state index contributed by atoms with van der Waals surface area (Å²) in [7, 11) is 0. The number of carbonyl (C=O) groups excluding carboxylic acids is 2. The van der Waals surface area contributed by atoms with Crippen molar-refractivity contribution in [3.8, 4) is 11.1 Å². The third-order valence-corrected chi connectivity index (χ3v) is 7.68. The molecule has 1 aliphatic rings. The SMILES string of the molecule is CCSCCCO[C@]1(C(=O)O)C[C@H](O)C(NC(C)=O)[C@H]([C@H](O)[C@H](O)CNC(=O)c2ccc(-c3ccccc3)cc2)O1. The minimum Gasteiger partial charge on any atom is -0.477 e. The number of hydrogen-bond donors (Lipinski definition) is 6. The topological polar surface area (TPSA) is 175 Å². The Balaban J connectivity index is 1.69. The summed E-state index contributed by atoms with van der Waals surface area (Å²) >= 11 is 1.65. The van der Waals surface area contributed by atoms with Gasteiger partial charge in [-0.3, -0.25) is 9.59 Å². The van der Waals surface area contributed by atoms with Gasteiger partial charge in [0.15, 0.2) is 0 Å². The number of aliphatic hydroxyl groups excluding tert-OH is 3. The molecule has 0 aliphatic carbocycles. The van der Waals surface area contributed by atoms with Gasteiger partial charge in [0.25, 0.3) is 11.7 Å². The Morgan fingerprint density at radius 3 is 2.37 bits per heavy atom. The van der Waals surface area contributed by atoms with Gasteiger partial charge in [-0.1, -0.05) is 49.4 Å². The Kier molecular flexibility index (Phi) is 12.1. The molecule has 0 aromatic heterocycles. The van der Waals surface area contributed by atoms with Gasteiger partial charge >= 0.3 is 5.97 Å². The molecule has 3 rings (SSSR count). The van der Waals surface area contributed by atoms with Gasteiger partial charge in [0.1, 0.15) is 12.2 Å². The van der Waals surface area contributed by atoms with E-state index in [0.717, 1.165) is 22.6 Å². The van der Waals surface area contributed by atoms with E-state index in [0.29, 0.717) is 12.0 Å². The highest BCUT2D eigenvalue weighted by molar-refractivity contribution is 7.99. The van der Waals surface area contributed by atoms with Crippen LogP contribution in [0, 0.1) is 0 Å². The fraction of sp³-hybridized carbons (Fsp3) is 0.483. The second kappa shape index (κ2) is 15.3. The van der Waals surface area contributed by atoms with Gasteiger partial charge in [-0.05, 0) is 41.2 Å². The molecule has 12 heteroatoms. The average molecular weight is 591 g/mol. The second-order valence-electron chi connectivity index (χ2n) is 9.75. The molecule has 0 bridgehead atoms. The Morgan fingerprint density at radius 1 is 1.10 bits per heavy atom. The summed E-state index contributed by atoms with van der Waals surface area (Å²) in [5, 5.41) is 47.5. The van der Waals surface area contributed by atoms with Gasteiger partial charge in [0.05, 0.1) is 24.9 Å². The van der Waals surface area contributed by atoms with Crippen LogP contribution in [0.25, 0.3) is 11.1 Å². The number of benzene rings is 2. The second-order valence-corrected chi connectivity index (χ2v) is 11.1. The van der Waals surface area contributed by atoms with E-state index in [1.54, 1.807) is 36.0 Å². The summed E-state index contributed by atoms with van der Waals surface area (Å²) in [6, 6.07) is 15.2. The van der Waals surface area contributed by atoms with Crippen molar-refractivity contribution in [3.63, 3.8) is 0 Å². The third-order valence-electron chi connectivity index (χ3n) is 6.70. The lowest BCUT2D eigenvalue weighted by Gasteiger charge is -2.46. The van der Waals surface area contributed by atoms with Crippen molar-refractivity contribution >= 4 is 29.5 Å². The molecule has 6 N–H and O–H groups in total. The third kappa shape index (κ3) is 8.74. The molecule has 1 heterocycles. The standard InChI is InChI=1S/C29H38N2O9S/c1-3-41-15-7-14-39-29(28(37)38)16-22(33)24(31-18(2)32)26(40-29)25(35)23(34)17-30-27(36)21-12-10-20(11-13-21)19-8-5-4-6-9-19/h4-6,8-13,22-26,33-35H,3,7,14-17H2,1-2H3,(H,30,36)(H,31,32)(H,37,38)/t22-,23+,24?,25+,26+,29+/m0/s1.